The molecule has 0 N–H and O–H groups in total. The highest BCUT2D eigenvalue weighted by Gasteiger charge is 2.41. The van der Waals surface area contributed by atoms with Gasteiger partial charge in [0.2, 0.25) is 11.5 Å². The summed E-state index contributed by atoms with van der Waals surface area (Å²) in [5.41, 5.74) is 2.43. The first-order valence-electron chi connectivity index (χ1n) is 9.99. The van der Waals surface area contributed by atoms with Crippen molar-refractivity contribution in [3.05, 3.63) is 77.7 Å². The van der Waals surface area contributed by atoms with Crippen molar-refractivity contribution in [3.63, 3.8) is 0 Å². The molecule has 1 heterocycles. The van der Waals surface area contributed by atoms with Crippen LogP contribution in [0.25, 0.3) is 0 Å². The van der Waals surface area contributed by atoms with Crippen LogP contribution in [0.15, 0.2) is 66.6 Å². The van der Waals surface area contributed by atoms with Gasteiger partial charge in [-0.05, 0) is 43.9 Å². The van der Waals surface area contributed by atoms with E-state index >= 15 is 0 Å². The lowest BCUT2D eigenvalue weighted by atomic mass is 9.80. The lowest BCUT2D eigenvalue weighted by Gasteiger charge is -2.37. The molecule has 1 saturated carbocycles. The zero-order chi connectivity index (χ0) is 19.3. The molecule has 0 amide bonds. The van der Waals surface area contributed by atoms with Crippen LogP contribution in [0.4, 0.5) is 0 Å². The van der Waals surface area contributed by atoms with Crippen molar-refractivity contribution in [2.75, 3.05) is 6.61 Å². The molecule has 3 unspecified atom stereocenters. The Hall–Kier alpha value is -2.59. The molecule has 0 spiro atoms. The number of benzene rings is 2. The molecule has 4 heteroatoms. The topological polar surface area (TPSA) is 44.8 Å². The van der Waals surface area contributed by atoms with Crippen LogP contribution in [0.2, 0.25) is 0 Å². The number of rotatable bonds is 6. The van der Waals surface area contributed by atoms with Crippen molar-refractivity contribution in [1.82, 2.24) is 0 Å². The van der Waals surface area contributed by atoms with Gasteiger partial charge in [0.25, 0.3) is 0 Å². The summed E-state index contributed by atoms with van der Waals surface area (Å²) in [6.07, 6.45) is 4.81. The third-order valence-electron chi connectivity index (χ3n) is 5.51. The van der Waals surface area contributed by atoms with Crippen LogP contribution >= 0.6 is 0 Å². The normalized spacial score (nSPS) is 24.1. The van der Waals surface area contributed by atoms with E-state index in [1.54, 1.807) is 0 Å². The SMILES string of the molecule is Cc1ccc(OC2=COC3CC(OCCc4ccccc4)CCC3C2=O)cc1. The van der Waals surface area contributed by atoms with Gasteiger partial charge in [-0.1, -0.05) is 48.0 Å². The maximum atomic E-state index is 12.8. The van der Waals surface area contributed by atoms with Gasteiger partial charge in [-0.2, -0.15) is 0 Å². The van der Waals surface area contributed by atoms with Gasteiger partial charge in [-0.15, -0.1) is 0 Å². The first-order valence-corrected chi connectivity index (χ1v) is 9.99. The Balaban J connectivity index is 1.30. The van der Waals surface area contributed by atoms with Crippen molar-refractivity contribution in [1.29, 1.82) is 0 Å². The Bertz CT molecular complexity index is 825. The molecular formula is C24H26O4. The largest absolute Gasteiger partial charge is 0.493 e. The number of aryl methyl sites for hydroxylation is 1. The summed E-state index contributed by atoms with van der Waals surface area (Å²) in [4.78, 5) is 12.8. The van der Waals surface area contributed by atoms with Gasteiger partial charge in [0, 0.05) is 6.42 Å². The van der Waals surface area contributed by atoms with Crippen LogP contribution in [0.5, 0.6) is 5.75 Å². The van der Waals surface area contributed by atoms with E-state index in [4.69, 9.17) is 14.2 Å². The molecule has 1 aliphatic carbocycles. The zero-order valence-corrected chi connectivity index (χ0v) is 16.2. The number of carbonyl (C=O) groups excluding carboxylic acids is 1. The van der Waals surface area contributed by atoms with Crippen LogP contribution < -0.4 is 4.74 Å². The minimum atomic E-state index is -0.139. The number of hydrogen-bond donors (Lipinski definition) is 0. The van der Waals surface area contributed by atoms with Crippen molar-refractivity contribution in [2.24, 2.45) is 5.92 Å². The molecule has 0 aromatic heterocycles. The van der Waals surface area contributed by atoms with Crippen molar-refractivity contribution in [3.8, 4) is 5.75 Å². The summed E-state index contributed by atoms with van der Waals surface area (Å²) in [7, 11) is 0. The van der Waals surface area contributed by atoms with E-state index in [-0.39, 0.29) is 23.9 Å². The maximum Gasteiger partial charge on any atom is 0.207 e. The van der Waals surface area contributed by atoms with E-state index in [0.29, 0.717) is 18.1 Å². The molecule has 28 heavy (non-hydrogen) atoms. The van der Waals surface area contributed by atoms with E-state index in [0.717, 1.165) is 31.2 Å². The van der Waals surface area contributed by atoms with Crippen LogP contribution in [-0.2, 0) is 20.7 Å². The standard InChI is InChI=1S/C24H26O4/c1-17-7-9-19(10-8-17)28-23-16-27-22-15-20(11-12-21(22)24(23)25)26-14-13-18-5-3-2-4-6-18/h2-10,16,20-22H,11-15H2,1H3. The number of allylic oxidation sites excluding steroid dienone is 1. The summed E-state index contributed by atoms with van der Waals surface area (Å²) in [5.74, 6) is 0.859. The van der Waals surface area contributed by atoms with Crippen LogP contribution in [0, 0.1) is 12.8 Å². The summed E-state index contributed by atoms with van der Waals surface area (Å²) in [5, 5.41) is 0. The Morgan fingerprint density at radius 1 is 1.04 bits per heavy atom. The maximum absolute atomic E-state index is 12.8. The van der Waals surface area contributed by atoms with E-state index in [9.17, 15) is 4.79 Å². The molecule has 2 aromatic rings. The van der Waals surface area contributed by atoms with Crippen LogP contribution in [0.3, 0.4) is 0 Å². The molecule has 2 aliphatic rings. The monoisotopic (exact) mass is 378 g/mol. The number of fused-ring (bicyclic) bond motifs is 1. The first kappa shape index (κ1) is 18.8. The van der Waals surface area contributed by atoms with Gasteiger partial charge in [0.05, 0.1) is 18.6 Å². The number of ketones is 1. The fraction of sp³-hybridized carbons (Fsp3) is 0.375. The van der Waals surface area contributed by atoms with E-state index in [2.05, 4.69) is 12.1 Å². The second-order valence-corrected chi connectivity index (χ2v) is 7.58. The average Bonchev–Trinajstić information content (AvgIpc) is 2.72. The highest BCUT2D eigenvalue weighted by Crippen LogP contribution is 2.35. The summed E-state index contributed by atoms with van der Waals surface area (Å²) >= 11 is 0. The molecule has 1 fully saturated rings. The molecule has 146 valence electrons. The fourth-order valence-electron chi connectivity index (χ4n) is 3.88. The predicted octanol–water partition coefficient (Wildman–Crippen LogP) is 4.61. The molecule has 0 saturated heterocycles. The lowest BCUT2D eigenvalue weighted by Crippen LogP contribution is -2.42. The number of hydrogen-bond acceptors (Lipinski definition) is 4. The van der Waals surface area contributed by atoms with Gasteiger partial charge in [-0.25, -0.2) is 0 Å². The van der Waals surface area contributed by atoms with E-state index in [1.807, 2.05) is 49.4 Å². The Kier molecular flexibility index (Phi) is 5.77. The second kappa shape index (κ2) is 8.61. The van der Waals surface area contributed by atoms with Gasteiger partial charge in [0.15, 0.2) is 0 Å². The molecule has 4 nitrogen and oxygen atoms in total. The molecule has 0 bridgehead atoms. The number of carbonyl (C=O) groups is 1. The summed E-state index contributed by atoms with van der Waals surface area (Å²) < 4.78 is 17.7. The molecule has 3 atom stereocenters. The van der Waals surface area contributed by atoms with Gasteiger partial charge in [-0.3, -0.25) is 4.79 Å². The highest BCUT2D eigenvalue weighted by atomic mass is 16.5. The van der Waals surface area contributed by atoms with Crippen molar-refractivity contribution >= 4 is 5.78 Å². The molecule has 4 rings (SSSR count). The molecule has 0 radical (unpaired) electrons. The molecule has 2 aromatic carbocycles. The van der Waals surface area contributed by atoms with E-state index < -0.39 is 0 Å². The minimum Gasteiger partial charge on any atom is -0.493 e. The third kappa shape index (κ3) is 4.45. The van der Waals surface area contributed by atoms with Gasteiger partial charge < -0.3 is 14.2 Å². The smallest absolute Gasteiger partial charge is 0.207 e. The minimum absolute atomic E-state index is 0.0413. The average molecular weight is 378 g/mol. The zero-order valence-electron chi connectivity index (χ0n) is 16.2. The number of Topliss-reactive ketones (excluding diaryl/α,β-unsaturated/α-hetero) is 1. The third-order valence-corrected chi connectivity index (χ3v) is 5.51. The summed E-state index contributed by atoms with van der Waals surface area (Å²) in [6.45, 7) is 2.71. The highest BCUT2D eigenvalue weighted by molar-refractivity contribution is 5.96. The quantitative estimate of drug-likeness (QED) is 0.736. The van der Waals surface area contributed by atoms with Crippen LogP contribution in [-0.4, -0.2) is 24.6 Å². The van der Waals surface area contributed by atoms with Gasteiger partial charge >= 0.3 is 0 Å². The second-order valence-electron chi connectivity index (χ2n) is 7.58. The first-order chi connectivity index (χ1) is 13.7. The van der Waals surface area contributed by atoms with Crippen molar-refractivity contribution < 1.29 is 19.0 Å². The van der Waals surface area contributed by atoms with Crippen LogP contribution in [0.1, 0.15) is 30.4 Å². The Morgan fingerprint density at radius 2 is 1.82 bits per heavy atom. The number of ether oxygens (including phenoxy) is 3. The molecule has 1 aliphatic heterocycles. The van der Waals surface area contributed by atoms with Crippen molar-refractivity contribution in [2.45, 2.75) is 44.8 Å². The van der Waals surface area contributed by atoms with Gasteiger partial charge in [0.1, 0.15) is 18.1 Å². The lowest BCUT2D eigenvalue weighted by molar-refractivity contribution is -0.133. The fourth-order valence-corrected chi connectivity index (χ4v) is 3.88. The molecular weight excluding hydrogens is 352 g/mol. The van der Waals surface area contributed by atoms with E-state index in [1.165, 1.54) is 11.8 Å². The predicted molar refractivity (Wildman–Crippen MR) is 107 cm³/mol. The Morgan fingerprint density at radius 3 is 2.61 bits per heavy atom. The Labute approximate surface area is 166 Å². The summed E-state index contributed by atoms with van der Waals surface area (Å²) in [6, 6.07) is 18.0.